The summed E-state index contributed by atoms with van der Waals surface area (Å²) in [6, 6.07) is -0.873. The second-order valence-electron chi connectivity index (χ2n) is 27.7. The molecular formula is C81H152N2O6P+. The summed E-state index contributed by atoms with van der Waals surface area (Å²) in [7, 11) is 1.56. The Kier molecular flexibility index (Phi) is 69.2. The van der Waals surface area contributed by atoms with Crippen LogP contribution >= 0.6 is 7.82 Å². The normalized spacial score (nSPS) is 14.0. The van der Waals surface area contributed by atoms with Crippen molar-refractivity contribution in [2.75, 3.05) is 40.9 Å². The van der Waals surface area contributed by atoms with Crippen LogP contribution in [0.4, 0.5) is 0 Å². The van der Waals surface area contributed by atoms with Crippen LogP contribution in [0.1, 0.15) is 373 Å². The van der Waals surface area contributed by atoms with Crippen LogP contribution in [0.15, 0.2) is 85.1 Å². The Hall–Kier alpha value is -2.32. The van der Waals surface area contributed by atoms with E-state index >= 15 is 0 Å². The Morgan fingerprint density at radius 1 is 0.389 bits per heavy atom. The van der Waals surface area contributed by atoms with Crippen molar-refractivity contribution in [3.63, 3.8) is 0 Å². The van der Waals surface area contributed by atoms with Crippen LogP contribution in [-0.2, 0) is 18.4 Å². The van der Waals surface area contributed by atoms with Crippen LogP contribution in [0.2, 0.25) is 0 Å². The lowest BCUT2D eigenvalue weighted by atomic mass is 10.0. The van der Waals surface area contributed by atoms with E-state index in [1.165, 1.54) is 283 Å². The van der Waals surface area contributed by atoms with Crippen molar-refractivity contribution in [1.29, 1.82) is 0 Å². The van der Waals surface area contributed by atoms with Crippen molar-refractivity contribution in [1.82, 2.24) is 5.32 Å². The fourth-order valence-corrected chi connectivity index (χ4v) is 12.3. The third-order valence-corrected chi connectivity index (χ3v) is 18.6. The molecule has 0 radical (unpaired) electrons. The summed E-state index contributed by atoms with van der Waals surface area (Å²) in [6.45, 7) is 4.72. The van der Waals surface area contributed by atoms with Crippen LogP contribution in [0.5, 0.6) is 0 Å². The van der Waals surface area contributed by atoms with Crippen molar-refractivity contribution in [3.8, 4) is 0 Å². The monoisotopic (exact) mass is 1280 g/mol. The SMILES string of the molecule is CC/C=C\C/C=C\C/C=C\C/C=C\CCCCCCCCCCCCCCCCCCCCCCCCCCCCCCC(=O)NC(COP(=O)(O)OCC[N+](C)(C)C)C(O)/C=C/CC/C=C/CC/C=C/CCCCCCCCCCCCCCCCCCC. The zero-order valence-corrected chi connectivity index (χ0v) is 61.3. The molecule has 8 nitrogen and oxygen atoms in total. The maximum Gasteiger partial charge on any atom is 0.472 e. The van der Waals surface area contributed by atoms with E-state index in [1.54, 1.807) is 6.08 Å². The molecule has 0 heterocycles. The number of hydrogen-bond donors (Lipinski definition) is 3. The average molecular weight is 1280 g/mol. The second kappa shape index (κ2) is 71.0. The van der Waals surface area contributed by atoms with Crippen LogP contribution in [0.3, 0.4) is 0 Å². The molecule has 90 heavy (non-hydrogen) atoms. The summed E-state index contributed by atoms with van der Waals surface area (Å²) in [5, 5.41) is 14.0. The molecule has 0 fully saturated rings. The van der Waals surface area contributed by atoms with Crippen LogP contribution in [-0.4, -0.2) is 73.4 Å². The Bertz CT molecular complexity index is 1750. The van der Waals surface area contributed by atoms with Gasteiger partial charge in [-0.3, -0.25) is 13.8 Å². The molecule has 0 rings (SSSR count). The highest BCUT2D eigenvalue weighted by molar-refractivity contribution is 7.47. The Balaban J connectivity index is 3.97. The number of aliphatic hydroxyl groups is 1. The Labute approximate surface area is 560 Å². The highest BCUT2D eigenvalue weighted by Gasteiger charge is 2.28. The smallest absolute Gasteiger partial charge is 0.387 e. The highest BCUT2D eigenvalue weighted by Crippen LogP contribution is 2.43. The van der Waals surface area contributed by atoms with E-state index in [9.17, 15) is 19.4 Å². The fourth-order valence-electron chi connectivity index (χ4n) is 11.6. The van der Waals surface area contributed by atoms with Gasteiger partial charge in [0.05, 0.1) is 39.9 Å². The molecule has 0 aromatic carbocycles. The summed E-state index contributed by atoms with van der Waals surface area (Å²) < 4.78 is 23.8. The number of aliphatic hydroxyl groups excluding tert-OH is 1. The maximum absolute atomic E-state index is 13.1. The van der Waals surface area contributed by atoms with Gasteiger partial charge in [-0.05, 0) is 83.5 Å². The van der Waals surface area contributed by atoms with Gasteiger partial charge in [0, 0.05) is 6.42 Å². The van der Waals surface area contributed by atoms with Crippen LogP contribution in [0.25, 0.3) is 0 Å². The molecular weight excluding hydrogens is 1130 g/mol. The molecule has 9 heteroatoms. The molecule has 1 amide bonds. The van der Waals surface area contributed by atoms with Gasteiger partial charge in [-0.2, -0.15) is 0 Å². The summed E-state index contributed by atoms with van der Waals surface area (Å²) in [5.41, 5.74) is 0. The number of hydrogen-bond acceptors (Lipinski definition) is 5. The van der Waals surface area contributed by atoms with Crippen LogP contribution in [0, 0.1) is 0 Å². The molecule has 0 aliphatic heterocycles. The molecule has 0 aromatic rings. The Morgan fingerprint density at radius 3 is 1.02 bits per heavy atom. The minimum absolute atomic E-state index is 0.0534. The first-order valence-electron chi connectivity index (χ1n) is 39.0. The number of quaternary nitrogens is 1. The predicted octanol–water partition coefficient (Wildman–Crippen LogP) is 25.5. The first kappa shape index (κ1) is 87.7. The van der Waals surface area contributed by atoms with E-state index < -0.39 is 20.0 Å². The van der Waals surface area contributed by atoms with Gasteiger partial charge >= 0.3 is 7.82 Å². The molecule has 0 aliphatic carbocycles. The number of carbonyl (C=O) groups is 1. The van der Waals surface area contributed by atoms with E-state index in [1.807, 2.05) is 27.2 Å². The lowest BCUT2D eigenvalue weighted by molar-refractivity contribution is -0.870. The number of rotatable bonds is 72. The number of carbonyl (C=O) groups excluding carboxylic acids is 1. The van der Waals surface area contributed by atoms with Crippen molar-refractivity contribution < 1.29 is 32.9 Å². The first-order valence-corrected chi connectivity index (χ1v) is 40.5. The van der Waals surface area contributed by atoms with Gasteiger partial charge in [-0.1, -0.05) is 369 Å². The summed E-state index contributed by atoms with van der Waals surface area (Å²) in [4.78, 5) is 23.5. The summed E-state index contributed by atoms with van der Waals surface area (Å²) in [5.74, 6) is -0.185. The molecule has 0 aliphatic rings. The quantitative estimate of drug-likeness (QED) is 0.0243. The van der Waals surface area contributed by atoms with E-state index in [0.29, 0.717) is 17.4 Å². The lowest BCUT2D eigenvalue weighted by Crippen LogP contribution is -2.45. The number of unbranched alkanes of at least 4 members (excludes halogenated alkanes) is 47. The minimum Gasteiger partial charge on any atom is -0.387 e. The number of amides is 1. The minimum atomic E-state index is -4.37. The lowest BCUT2D eigenvalue weighted by Gasteiger charge is -2.25. The molecule has 0 bridgehead atoms. The van der Waals surface area contributed by atoms with Gasteiger partial charge in [0.1, 0.15) is 13.2 Å². The van der Waals surface area contributed by atoms with Gasteiger partial charge in [0.2, 0.25) is 5.91 Å². The maximum atomic E-state index is 13.1. The molecule has 0 saturated carbocycles. The number of nitrogens with zero attached hydrogens (tertiary/aromatic N) is 1. The van der Waals surface area contributed by atoms with Gasteiger partial charge in [-0.15, -0.1) is 0 Å². The number of phosphoric acid groups is 1. The van der Waals surface area contributed by atoms with Gasteiger partial charge in [0.15, 0.2) is 0 Å². The number of phosphoric ester groups is 1. The molecule has 0 spiro atoms. The molecule has 3 N–H and O–H groups in total. The largest absolute Gasteiger partial charge is 0.472 e. The standard InChI is InChI=1S/C81H151N2O6P/c1-6-8-10-12-14-16-18-20-22-24-26-28-30-32-34-35-36-37-38-39-40-41-42-43-44-45-46-47-49-51-53-55-57-59-61-63-65-67-69-71-73-75-81(85)82-79(78-89-90(86,87)88-77-76-83(3,4)5)80(84)74-72-70-68-66-64-62-60-58-56-54-52-50-48-33-31-29-27-25-23-21-19-17-15-13-11-9-7-2/h8,10,14,16,20,22,26,28,56,58,64,66,72,74,79-80,84H,6-7,9,11-13,15,17-19,21,23-25,27,29-55,57,59-63,65,67-71,73,75-78H2,1-5H3,(H-,82,85,86,87)/p+1/b10-8-,16-14-,22-20-,28-26-,58-56+,66-64+,74-72+. The van der Waals surface area contributed by atoms with E-state index in [-0.39, 0.29) is 19.1 Å². The number of nitrogens with one attached hydrogen (secondary N) is 1. The average Bonchev–Trinajstić information content (AvgIpc) is 3.09. The van der Waals surface area contributed by atoms with Crippen molar-refractivity contribution >= 4 is 13.7 Å². The van der Waals surface area contributed by atoms with E-state index in [2.05, 4.69) is 92.1 Å². The molecule has 526 valence electrons. The van der Waals surface area contributed by atoms with E-state index in [4.69, 9.17) is 9.05 Å². The number of likely N-dealkylation sites (N-methyl/N-ethyl adjacent to an activating group) is 1. The zero-order chi connectivity index (χ0) is 65.5. The summed E-state index contributed by atoms with van der Waals surface area (Å²) >= 11 is 0. The second-order valence-corrected chi connectivity index (χ2v) is 29.1. The number of allylic oxidation sites excluding steroid dienone is 13. The molecule has 3 unspecified atom stereocenters. The molecule has 3 atom stereocenters. The molecule has 0 aromatic heterocycles. The third kappa shape index (κ3) is 73.1. The van der Waals surface area contributed by atoms with Crippen LogP contribution < -0.4 is 5.32 Å². The van der Waals surface area contributed by atoms with Crippen molar-refractivity contribution in [2.24, 2.45) is 0 Å². The van der Waals surface area contributed by atoms with E-state index in [0.717, 1.165) is 70.6 Å². The topological polar surface area (TPSA) is 105 Å². The molecule has 0 saturated heterocycles. The fraction of sp³-hybridized carbons (Fsp3) is 0.815. The first-order chi connectivity index (χ1) is 44.0. The van der Waals surface area contributed by atoms with Gasteiger partial charge < -0.3 is 19.8 Å². The Morgan fingerprint density at radius 2 is 0.678 bits per heavy atom. The van der Waals surface area contributed by atoms with Crippen molar-refractivity contribution in [3.05, 3.63) is 85.1 Å². The third-order valence-electron chi connectivity index (χ3n) is 17.6. The van der Waals surface area contributed by atoms with Crippen molar-refractivity contribution in [2.45, 2.75) is 386 Å². The highest BCUT2D eigenvalue weighted by atomic mass is 31.2. The van der Waals surface area contributed by atoms with Gasteiger partial charge in [0.25, 0.3) is 0 Å². The van der Waals surface area contributed by atoms with Gasteiger partial charge in [-0.25, -0.2) is 4.57 Å². The summed E-state index contributed by atoms with van der Waals surface area (Å²) in [6.07, 6.45) is 102. The predicted molar refractivity (Wildman–Crippen MR) is 396 cm³/mol. The zero-order valence-electron chi connectivity index (χ0n) is 60.4.